The molecule has 3 unspecified atom stereocenters. The Bertz CT molecular complexity index is 392. The van der Waals surface area contributed by atoms with Crippen molar-refractivity contribution in [1.29, 1.82) is 0 Å². The third-order valence-electron chi connectivity index (χ3n) is 4.75. The monoisotopic (exact) mass is 259 g/mol. The average molecular weight is 259 g/mol. The van der Waals surface area contributed by atoms with Crippen molar-refractivity contribution in [1.82, 2.24) is 5.32 Å². The number of hydrogen-bond acceptors (Lipinski definition) is 2. The summed E-state index contributed by atoms with van der Waals surface area (Å²) in [6.07, 6.45) is 8.26. The zero-order chi connectivity index (χ0) is 13.1. The summed E-state index contributed by atoms with van der Waals surface area (Å²) in [4.78, 5) is 0. The molecule has 0 saturated heterocycles. The van der Waals surface area contributed by atoms with Crippen LogP contribution in [0.3, 0.4) is 0 Å². The van der Waals surface area contributed by atoms with Crippen LogP contribution in [0.25, 0.3) is 0 Å². The molecule has 0 bridgehead atoms. The van der Waals surface area contributed by atoms with Gasteiger partial charge in [0.15, 0.2) is 0 Å². The Morgan fingerprint density at radius 1 is 1.21 bits per heavy atom. The van der Waals surface area contributed by atoms with Gasteiger partial charge in [0.2, 0.25) is 0 Å². The van der Waals surface area contributed by atoms with Crippen molar-refractivity contribution in [3.63, 3.8) is 0 Å². The molecule has 19 heavy (non-hydrogen) atoms. The van der Waals surface area contributed by atoms with Crippen LogP contribution in [0.5, 0.6) is 5.75 Å². The summed E-state index contributed by atoms with van der Waals surface area (Å²) in [5.74, 6) is 1.96. The predicted octanol–water partition coefficient (Wildman–Crippen LogP) is 3.55. The van der Waals surface area contributed by atoms with Crippen LogP contribution in [0, 0.1) is 5.92 Å². The minimum Gasteiger partial charge on any atom is -0.488 e. The number of nitrogens with one attached hydrogen (secondary N) is 1. The number of fused-ring (bicyclic) bond motifs is 1. The molecule has 2 aliphatic rings. The second-order valence-corrected chi connectivity index (χ2v) is 6.02. The largest absolute Gasteiger partial charge is 0.488 e. The van der Waals surface area contributed by atoms with Gasteiger partial charge in [0, 0.05) is 19.0 Å². The van der Waals surface area contributed by atoms with Gasteiger partial charge in [-0.05, 0) is 30.4 Å². The first kappa shape index (κ1) is 13.0. The first-order valence-electron chi connectivity index (χ1n) is 7.84. The SMILES string of the molecule is CCC1CCCCC1NCC1Cc2ccccc2O1. The smallest absolute Gasteiger partial charge is 0.123 e. The van der Waals surface area contributed by atoms with E-state index < -0.39 is 0 Å². The number of para-hydroxylation sites is 1. The van der Waals surface area contributed by atoms with Gasteiger partial charge < -0.3 is 10.1 Å². The molecular weight excluding hydrogens is 234 g/mol. The van der Waals surface area contributed by atoms with Crippen LogP contribution in [0.1, 0.15) is 44.6 Å². The van der Waals surface area contributed by atoms with E-state index in [-0.39, 0.29) is 0 Å². The van der Waals surface area contributed by atoms with Gasteiger partial charge in [0.25, 0.3) is 0 Å². The molecule has 1 aromatic carbocycles. The minimum absolute atomic E-state index is 0.330. The molecule has 0 amide bonds. The standard InChI is InChI=1S/C17H25NO/c1-2-13-7-3-5-9-16(13)18-12-15-11-14-8-4-6-10-17(14)19-15/h4,6,8,10,13,15-16,18H,2-3,5,7,9,11-12H2,1H3. The molecule has 2 heteroatoms. The summed E-state index contributed by atoms with van der Waals surface area (Å²) < 4.78 is 6.00. The van der Waals surface area contributed by atoms with Crippen molar-refractivity contribution in [3.8, 4) is 5.75 Å². The molecule has 104 valence electrons. The highest BCUT2D eigenvalue weighted by molar-refractivity contribution is 5.37. The van der Waals surface area contributed by atoms with E-state index in [1.165, 1.54) is 37.7 Å². The Morgan fingerprint density at radius 3 is 2.89 bits per heavy atom. The first-order valence-corrected chi connectivity index (χ1v) is 7.84. The molecule has 1 aliphatic heterocycles. The molecule has 1 N–H and O–H groups in total. The first-order chi connectivity index (χ1) is 9.36. The Balaban J connectivity index is 1.51. The van der Waals surface area contributed by atoms with Gasteiger partial charge in [-0.3, -0.25) is 0 Å². The quantitative estimate of drug-likeness (QED) is 0.893. The van der Waals surface area contributed by atoms with E-state index >= 15 is 0 Å². The minimum atomic E-state index is 0.330. The number of benzene rings is 1. The second kappa shape index (κ2) is 5.96. The molecule has 0 radical (unpaired) electrons. The lowest BCUT2D eigenvalue weighted by Crippen LogP contribution is -2.43. The maximum Gasteiger partial charge on any atom is 0.123 e. The van der Waals surface area contributed by atoms with E-state index in [4.69, 9.17) is 4.74 Å². The van der Waals surface area contributed by atoms with Crippen LogP contribution >= 0.6 is 0 Å². The van der Waals surface area contributed by atoms with Gasteiger partial charge >= 0.3 is 0 Å². The fourth-order valence-corrected chi connectivity index (χ4v) is 3.62. The predicted molar refractivity (Wildman–Crippen MR) is 78.6 cm³/mol. The molecule has 1 aromatic rings. The van der Waals surface area contributed by atoms with Crippen LogP contribution in [-0.4, -0.2) is 18.7 Å². The lowest BCUT2D eigenvalue weighted by atomic mass is 9.83. The van der Waals surface area contributed by atoms with Gasteiger partial charge in [0.1, 0.15) is 11.9 Å². The van der Waals surface area contributed by atoms with Gasteiger partial charge in [-0.2, -0.15) is 0 Å². The normalized spacial score (nSPS) is 29.8. The van der Waals surface area contributed by atoms with Crippen molar-refractivity contribution in [2.24, 2.45) is 5.92 Å². The fraction of sp³-hybridized carbons (Fsp3) is 0.647. The van der Waals surface area contributed by atoms with Crippen molar-refractivity contribution >= 4 is 0 Å². The highest BCUT2D eigenvalue weighted by atomic mass is 16.5. The molecule has 0 aromatic heterocycles. The van der Waals surface area contributed by atoms with Crippen LogP contribution in [-0.2, 0) is 6.42 Å². The van der Waals surface area contributed by atoms with E-state index in [0.29, 0.717) is 12.1 Å². The van der Waals surface area contributed by atoms with E-state index in [1.54, 1.807) is 0 Å². The van der Waals surface area contributed by atoms with Gasteiger partial charge in [0.05, 0.1) is 0 Å². The molecule has 3 rings (SSSR count). The molecule has 1 saturated carbocycles. The maximum atomic E-state index is 6.00. The lowest BCUT2D eigenvalue weighted by Gasteiger charge is -2.32. The van der Waals surface area contributed by atoms with E-state index in [9.17, 15) is 0 Å². The molecular formula is C17H25NO. The summed E-state index contributed by atoms with van der Waals surface area (Å²) in [7, 11) is 0. The van der Waals surface area contributed by atoms with Crippen molar-refractivity contribution in [3.05, 3.63) is 29.8 Å². The summed E-state index contributed by atoms with van der Waals surface area (Å²) in [5.41, 5.74) is 1.37. The van der Waals surface area contributed by atoms with Crippen molar-refractivity contribution in [2.45, 2.75) is 57.6 Å². The molecule has 1 heterocycles. The lowest BCUT2D eigenvalue weighted by molar-refractivity contribution is 0.192. The maximum absolute atomic E-state index is 6.00. The Hall–Kier alpha value is -1.02. The molecule has 1 fully saturated rings. The van der Waals surface area contributed by atoms with Crippen LogP contribution in [0.15, 0.2) is 24.3 Å². The van der Waals surface area contributed by atoms with Gasteiger partial charge in [-0.25, -0.2) is 0 Å². The fourth-order valence-electron chi connectivity index (χ4n) is 3.62. The van der Waals surface area contributed by atoms with Crippen molar-refractivity contribution in [2.75, 3.05) is 6.54 Å². The third kappa shape index (κ3) is 2.94. The van der Waals surface area contributed by atoms with Gasteiger partial charge in [-0.1, -0.05) is 44.4 Å². The topological polar surface area (TPSA) is 21.3 Å². The average Bonchev–Trinajstić information content (AvgIpc) is 2.88. The molecule has 3 atom stereocenters. The van der Waals surface area contributed by atoms with E-state index in [1.807, 2.05) is 0 Å². The molecule has 2 nitrogen and oxygen atoms in total. The number of rotatable bonds is 4. The van der Waals surface area contributed by atoms with Crippen LogP contribution in [0.2, 0.25) is 0 Å². The second-order valence-electron chi connectivity index (χ2n) is 6.02. The van der Waals surface area contributed by atoms with Gasteiger partial charge in [-0.15, -0.1) is 0 Å². The zero-order valence-corrected chi connectivity index (χ0v) is 11.9. The molecule has 0 spiro atoms. The Kier molecular flexibility index (Phi) is 4.07. The summed E-state index contributed by atoms with van der Waals surface area (Å²) in [6, 6.07) is 9.15. The highest BCUT2D eigenvalue weighted by Crippen LogP contribution is 2.29. The van der Waals surface area contributed by atoms with Crippen molar-refractivity contribution < 1.29 is 4.74 Å². The zero-order valence-electron chi connectivity index (χ0n) is 11.9. The molecule has 1 aliphatic carbocycles. The van der Waals surface area contributed by atoms with Crippen LogP contribution < -0.4 is 10.1 Å². The van der Waals surface area contributed by atoms with E-state index in [0.717, 1.165) is 24.6 Å². The Labute approximate surface area is 116 Å². The summed E-state index contributed by atoms with van der Waals surface area (Å²) in [6.45, 7) is 3.32. The van der Waals surface area contributed by atoms with E-state index in [2.05, 4.69) is 36.5 Å². The van der Waals surface area contributed by atoms with Crippen LogP contribution in [0.4, 0.5) is 0 Å². The third-order valence-corrected chi connectivity index (χ3v) is 4.75. The number of ether oxygens (including phenoxy) is 1. The summed E-state index contributed by atoms with van der Waals surface area (Å²) in [5, 5.41) is 3.77. The Morgan fingerprint density at radius 2 is 2.05 bits per heavy atom. The highest BCUT2D eigenvalue weighted by Gasteiger charge is 2.26. The number of hydrogen-bond donors (Lipinski definition) is 1. The summed E-state index contributed by atoms with van der Waals surface area (Å²) >= 11 is 0.